The highest BCUT2D eigenvalue weighted by atomic mass is 32.2. The molecule has 0 amide bonds. The smallest absolute Gasteiger partial charge is 0.153 e. The van der Waals surface area contributed by atoms with Crippen LogP contribution < -0.4 is 4.72 Å². The molecule has 3 rings (SSSR count). The molecule has 3 aromatic rings. The number of nitrogens with one attached hydrogen (secondary N) is 1. The molecule has 2 heterocycles. The third-order valence-electron chi connectivity index (χ3n) is 4.25. The molecule has 0 saturated carbocycles. The van der Waals surface area contributed by atoms with Crippen LogP contribution in [0.4, 0.5) is 0 Å². The first-order chi connectivity index (χ1) is 12.3. The summed E-state index contributed by atoms with van der Waals surface area (Å²) in [5.74, 6) is 0.239. The number of hydrogen-bond donors (Lipinski definition) is 1. The predicted molar refractivity (Wildman–Crippen MR) is 107 cm³/mol. The van der Waals surface area contributed by atoms with Gasteiger partial charge in [0.25, 0.3) is 0 Å². The van der Waals surface area contributed by atoms with Gasteiger partial charge in [-0.2, -0.15) is 5.10 Å². The largest absolute Gasteiger partial charge is 0.598 e. The monoisotopic (exact) mass is 370 g/mol. The highest BCUT2D eigenvalue weighted by Gasteiger charge is 2.32. The van der Waals surface area contributed by atoms with Crippen molar-refractivity contribution in [2.45, 2.75) is 45.4 Å². The molecule has 0 saturated heterocycles. The van der Waals surface area contributed by atoms with Gasteiger partial charge in [-0.25, -0.2) is 9.50 Å². The van der Waals surface area contributed by atoms with E-state index in [-0.39, 0.29) is 16.7 Å². The second-order valence-electron chi connectivity index (χ2n) is 7.76. The minimum Gasteiger partial charge on any atom is -0.598 e. The average Bonchev–Trinajstić information content (AvgIpc) is 3.05. The van der Waals surface area contributed by atoms with Gasteiger partial charge in [0.1, 0.15) is 4.75 Å². The van der Waals surface area contributed by atoms with Crippen molar-refractivity contribution in [2.75, 3.05) is 0 Å². The van der Waals surface area contributed by atoms with Crippen LogP contribution in [0, 0.1) is 5.92 Å². The highest BCUT2D eigenvalue weighted by molar-refractivity contribution is 7.90. The van der Waals surface area contributed by atoms with Gasteiger partial charge in [-0.05, 0) is 32.8 Å². The van der Waals surface area contributed by atoms with Gasteiger partial charge in [0.05, 0.1) is 11.7 Å². The van der Waals surface area contributed by atoms with Crippen LogP contribution in [0.1, 0.15) is 46.2 Å². The molecular weight excluding hydrogens is 344 g/mol. The van der Waals surface area contributed by atoms with Crippen LogP contribution in [0.2, 0.25) is 0 Å². The number of rotatable bonds is 5. The summed E-state index contributed by atoms with van der Waals surface area (Å²) < 4.78 is 17.5. The topological polar surface area (TPSA) is 65.3 Å². The summed E-state index contributed by atoms with van der Waals surface area (Å²) in [7, 11) is 0. The number of imidazole rings is 1. The summed E-state index contributed by atoms with van der Waals surface area (Å²) in [6.07, 6.45) is 3.59. The molecule has 0 fully saturated rings. The van der Waals surface area contributed by atoms with E-state index in [1.54, 1.807) is 10.7 Å². The van der Waals surface area contributed by atoms with Gasteiger partial charge >= 0.3 is 0 Å². The lowest BCUT2D eigenvalue weighted by atomic mass is 9.93. The fraction of sp³-hybridized carbons (Fsp3) is 0.400. The summed E-state index contributed by atoms with van der Waals surface area (Å²) in [6, 6.07) is 12.0. The molecule has 1 N–H and O–H groups in total. The Balaban J connectivity index is 2.13. The van der Waals surface area contributed by atoms with Gasteiger partial charge in [-0.3, -0.25) is 0 Å². The normalized spacial score (nSPS) is 14.7. The minimum atomic E-state index is -1.18. The molecule has 2 atom stereocenters. The standard InChI is InChI=1S/C20H26N4OS/c1-14(2)18(23-26(25)20(3,4)5)16-13-17-21-11-12-24(17)22-19(16)15-9-7-6-8-10-15/h6-14,18,23H,1-5H3/t18-,26?/m1/s1. The van der Waals surface area contributed by atoms with Gasteiger partial charge in [0.2, 0.25) is 0 Å². The Kier molecular flexibility index (Phi) is 5.37. The Morgan fingerprint density at radius 3 is 2.46 bits per heavy atom. The van der Waals surface area contributed by atoms with Crippen molar-refractivity contribution in [1.82, 2.24) is 19.3 Å². The van der Waals surface area contributed by atoms with Crippen molar-refractivity contribution in [3.8, 4) is 11.3 Å². The molecule has 0 radical (unpaired) electrons. The molecule has 1 aromatic carbocycles. The maximum absolute atomic E-state index is 12.8. The summed E-state index contributed by atoms with van der Waals surface area (Å²) in [4.78, 5) is 4.38. The van der Waals surface area contributed by atoms with E-state index in [2.05, 4.69) is 23.6 Å². The summed E-state index contributed by atoms with van der Waals surface area (Å²) in [5.41, 5.74) is 3.72. The van der Waals surface area contributed by atoms with Crippen molar-refractivity contribution in [3.63, 3.8) is 0 Å². The maximum Gasteiger partial charge on any atom is 0.153 e. The van der Waals surface area contributed by atoms with E-state index in [1.165, 1.54) is 0 Å². The van der Waals surface area contributed by atoms with Gasteiger partial charge in [-0.1, -0.05) is 44.2 Å². The minimum absolute atomic E-state index is 0.0977. The summed E-state index contributed by atoms with van der Waals surface area (Å²) in [5, 5.41) is 4.79. The van der Waals surface area contributed by atoms with Crippen molar-refractivity contribution < 1.29 is 4.55 Å². The van der Waals surface area contributed by atoms with E-state index in [9.17, 15) is 4.55 Å². The molecule has 0 aliphatic carbocycles. The first kappa shape index (κ1) is 18.9. The SMILES string of the molecule is CC(C)[C@@H](N[S+]([O-])C(C)(C)C)c1cc2nccn2nc1-c1ccccc1. The molecule has 138 valence electrons. The zero-order chi connectivity index (χ0) is 18.9. The van der Waals surface area contributed by atoms with Crippen LogP contribution in [0.3, 0.4) is 0 Å². The van der Waals surface area contributed by atoms with E-state index in [4.69, 9.17) is 5.10 Å². The van der Waals surface area contributed by atoms with Crippen molar-refractivity contribution in [3.05, 3.63) is 54.4 Å². The van der Waals surface area contributed by atoms with Crippen molar-refractivity contribution in [2.24, 2.45) is 5.92 Å². The second-order valence-corrected chi connectivity index (χ2v) is 9.76. The Hall–Kier alpha value is -1.89. The number of nitrogens with zero attached hydrogens (tertiary/aromatic N) is 3. The van der Waals surface area contributed by atoms with Crippen LogP contribution in [0.15, 0.2) is 48.8 Å². The molecule has 0 bridgehead atoms. The van der Waals surface area contributed by atoms with Crippen molar-refractivity contribution >= 4 is 17.0 Å². The first-order valence-electron chi connectivity index (χ1n) is 8.85. The lowest BCUT2D eigenvalue weighted by Crippen LogP contribution is -2.42. The van der Waals surface area contributed by atoms with Gasteiger partial charge < -0.3 is 4.55 Å². The molecular formula is C20H26N4OS. The molecule has 6 heteroatoms. The molecule has 5 nitrogen and oxygen atoms in total. The molecule has 0 spiro atoms. The summed E-state index contributed by atoms with van der Waals surface area (Å²) in [6.45, 7) is 10.2. The van der Waals surface area contributed by atoms with E-state index < -0.39 is 11.4 Å². The number of aromatic nitrogens is 3. The van der Waals surface area contributed by atoms with Crippen LogP contribution in [-0.4, -0.2) is 23.9 Å². The fourth-order valence-electron chi connectivity index (χ4n) is 2.78. The number of fused-ring (bicyclic) bond motifs is 1. The van der Waals surface area contributed by atoms with E-state index >= 15 is 0 Å². The van der Waals surface area contributed by atoms with Crippen LogP contribution >= 0.6 is 0 Å². The Bertz CT molecular complexity index is 870. The lowest BCUT2D eigenvalue weighted by Gasteiger charge is -2.30. The third-order valence-corrected chi connectivity index (χ3v) is 5.83. The van der Waals surface area contributed by atoms with Crippen molar-refractivity contribution in [1.29, 1.82) is 0 Å². The zero-order valence-electron chi connectivity index (χ0n) is 15.9. The van der Waals surface area contributed by atoms with Gasteiger partial charge in [0.15, 0.2) is 5.65 Å². The van der Waals surface area contributed by atoms with Crippen LogP contribution in [0.5, 0.6) is 0 Å². The third kappa shape index (κ3) is 3.92. The van der Waals surface area contributed by atoms with Crippen LogP contribution in [-0.2, 0) is 11.4 Å². The predicted octanol–water partition coefficient (Wildman–Crippen LogP) is 4.15. The molecule has 2 aromatic heterocycles. The lowest BCUT2D eigenvalue weighted by molar-refractivity contribution is 0.452. The average molecular weight is 371 g/mol. The second kappa shape index (κ2) is 7.39. The molecule has 0 aliphatic heterocycles. The van der Waals surface area contributed by atoms with Gasteiger partial charge in [0, 0.05) is 34.9 Å². The van der Waals surface area contributed by atoms with Crippen LogP contribution in [0.25, 0.3) is 16.9 Å². The number of hydrogen-bond acceptors (Lipinski definition) is 4. The molecule has 0 aliphatic rings. The Morgan fingerprint density at radius 2 is 1.85 bits per heavy atom. The first-order valence-corrected chi connectivity index (χ1v) is 10.00. The summed E-state index contributed by atoms with van der Waals surface area (Å²) >= 11 is -1.18. The zero-order valence-corrected chi connectivity index (χ0v) is 16.7. The fourth-order valence-corrected chi connectivity index (χ4v) is 3.76. The molecule has 1 unspecified atom stereocenters. The number of benzene rings is 1. The van der Waals surface area contributed by atoms with E-state index in [1.807, 2.05) is 63.4 Å². The Morgan fingerprint density at radius 1 is 1.15 bits per heavy atom. The Labute approximate surface area is 158 Å². The molecule has 26 heavy (non-hydrogen) atoms. The van der Waals surface area contributed by atoms with E-state index in [0.717, 1.165) is 22.5 Å². The highest BCUT2D eigenvalue weighted by Crippen LogP contribution is 2.33. The van der Waals surface area contributed by atoms with E-state index in [0.29, 0.717) is 0 Å². The quantitative estimate of drug-likeness (QED) is 0.685. The maximum atomic E-state index is 12.8. The van der Waals surface area contributed by atoms with Gasteiger partial charge in [-0.15, -0.1) is 4.72 Å².